The van der Waals surface area contributed by atoms with Crippen LogP contribution in [0.15, 0.2) is 24.3 Å². The molecule has 0 aromatic heterocycles. The number of amides is 2. The van der Waals surface area contributed by atoms with Gasteiger partial charge in [0.25, 0.3) is 0 Å². The van der Waals surface area contributed by atoms with Crippen molar-refractivity contribution in [1.29, 1.82) is 0 Å². The Kier molecular flexibility index (Phi) is 5.36. The molecule has 2 amide bonds. The molecule has 0 saturated carbocycles. The summed E-state index contributed by atoms with van der Waals surface area (Å²) in [6, 6.07) is 6.97. The number of para-hydroxylation sites is 1. The summed E-state index contributed by atoms with van der Waals surface area (Å²) in [6.07, 6.45) is 2.02. The number of carbonyl (C=O) groups is 1. The highest BCUT2D eigenvalue weighted by Gasteiger charge is 2.04. The Morgan fingerprint density at radius 3 is 2.81 bits per heavy atom. The third kappa shape index (κ3) is 3.90. The molecule has 0 bridgehead atoms. The van der Waals surface area contributed by atoms with Crippen LogP contribution in [0.1, 0.15) is 25.3 Å². The molecule has 3 N–H and O–H groups in total. The number of nitrogens with one attached hydrogen (secondary N) is 2. The van der Waals surface area contributed by atoms with Crippen molar-refractivity contribution in [3.8, 4) is 0 Å². The van der Waals surface area contributed by atoms with Gasteiger partial charge in [-0.3, -0.25) is 0 Å². The minimum atomic E-state index is -0.227. The maximum Gasteiger partial charge on any atom is 0.319 e. The predicted octanol–water partition coefficient (Wildman–Crippen LogP) is 2.10. The van der Waals surface area contributed by atoms with E-state index >= 15 is 0 Å². The summed E-state index contributed by atoms with van der Waals surface area (Å²) in [5.41, 5.74) is 1.37. The van der Waals surface area contributed by atoms with E-state index in [9.17, 15) is 4.79 Å². The quantitative estimate of drug-likeness (QED) is 0.668. The molecule has 16 heavy (non-hydrogen) atoms. The molecule has 1 rings (SSSR count). The number of hydrogen-bond acceptors (Lipinski definition) is 2. The van der Waals surface area contributed by atoms with E-state index in [-0.39, 0.29) is 12.6 Å². The van der Waals surface area contributed by atoms with Crippen LogP contribution < -0.4 is 10.6 Å². The van der Waals surface area contributed by atoms with Gasteiger partial charge >= 0.3 is 6.03 Å². The number of rotatable bonds is 5. The average Bonchev–Trinajstić information content (AvgIpc) is 2.30. The lowest BCUT2D eigenvalue weighted by Gasteiger charge is -2.10. The molecular formula is C12H18N2O2. The van der Waals surface area contributed by atoms with Crippen molar-refractivity contribution < 1.29 is 9.90 Å². The van der Waals surface area contributed by atoms with Gasteiger partial charge in [-0.1, -0.05) is 31.5 Å². The van der Waals surface area contributed by atoms with Gasteiger partial charge < -0.3 is 15.7 Å². The van der Waals surface area contributed by atoms with Crippen LogP contribution in [0.4, 0.5) is 10.5 Å². The molecule has 0 aliphatic heterocycles. The van der Waals surface area contributed by atoms with E-state index in [1.165, 1.54) is 0 Å². The Morgan fingerprint density at radius 2 is 2.12 bits per heavy atom. The number of anilines is 1. The van der Waals surface area contributed by atoms with Crippen LogP contribution in [0.3, 0.4) is 0 Å². The van der Waals surface area contributed by atoms with Crippen LogP contribution in [-0.2, 0) is 6.61 Å². The second kappa shape index (κ2) is 6.85. The lowest BCUT2D eigenvalue weighted by atomic mass is 10.2. The number of hydrogen-bond donors (Lipinski definition) is 3. The molecule has 4 nitrogen and oxygen atoms in total. The molecular weight excluding hydrogens is 204 g/mol. The van der Waals surface area contributed by atoms with E-state index in [0.717, 1.165) is 12.8 Å². The van der Waals surface area contributed by atoms with Gasteiger partial charge in [-0.05, 0) is 12.5 Å². The molecule has 0 unspecified atom stereocenters. The van der Waals surface area contributed by atoms with Gasteiger partial charge in [-0.25, -0.2) is 4.79 Å². The van der Waals surface area contributed by atoms with Gasteiger partial charge in [0, 0.05) is 17.8 Å². The molecule has 4 heteroatoms. The molecule has 0 saturated heterocycles. The van der Waals surface area contributed by atoms with Gasteiger partial charge in [0.1, 0.15) is 0 Å². The summed E-state index contributed by atoms with van der Waals surface area (Å²) in [4.78, 5) is 11.5. The van der Waals surface area contributed by atoms with E-state index in [2.05, 4.69) is 17.6 Å². The van der Waals surface area contributed by atoms with Crippen molar-refractivity contribution in [3.63, 3.8) is 0 Å². The zero-order valence-electron chi connectivity index (χ0n) is 9.49. The number of benzene rings is 1. The monoisotopic (exact) mass is 222 g/mol. The van der Waals surface area contributed by atoms with Crippen LogP contribution in [0.25, 0.3) is 0 Å². The van der Waals surface area contributed by atoms with Crippen molar-refractivity contribution in [1.82, 2.24) is 5.32 Å². The summed E-state index contributed by atoms with van der Waals surface area (Å²) >= 11 is 0. The van der Waals surface area contributed by atoms with Crippen molar-refractivity contribution in [2.24, 2.45) is 0 Å². The second-order valence-electron chi connectivity index (χ2n) is 3.55. The van der Waals surface area contributed by atoms with Gasteiger partial charge in [0.05, 0.1) is 6.61 Å². The number of aliphatic hydroxyl groups excluding tert-OH is 1. The van der Waals surface area contributed by atoms with Gasteiger partial charge in [-0.15, -0.1) is 0 Å². The Balaban J connectivity index is 2.49. The van der Waals surface area contributed by atoms with E-state index in [4.69, 9.17) is 5.11 Å². The number of urea groups is 1. The smallest absolute Gasteiger partial charge is 0.319 e. The highest BCUT2D eigenvalue weighted by molar-refractivity contribution is 5.89. The third-order valence-corrected chi connectivity index (χ3v) is 2.25. The molecule has 88 valence electrons. The zero-order valence-corrected chi connectivity index (χ0v) is 9.49. The molecule has 0 aliphatic carbocycles. The standard InChI is InChI=1S/C12H18N2O2/c1-2-3-8-13-12(16)14-11-7-5-4-6-10(11)9-15/h4-7,15H,2-3,8-9H2,1H3,(H2,13,14,16). The SMILES string of the molecule is CCCCNC(=O)Nc1ccccc1CO. The van der Waals surface area contributed by atoms with Crippen LogP contribution >= 0.6 is 0 Å². The normalized spacial score (nSPS) is 9.88. The number of unbranched alkanes of at least 4 members (excludes halogenated alkanes) is 1. The Bertz CT molecular complexity index is 340. The first kappa shape index (κ1) is 12.5. The molecule has 1 aromatic rings. The Morgan fingerprint density at radius 1 is 1.38 bits per heavy atom. The van der Waals surface area contributed by atoms with Gasteiger partial charge in [0.2, 0.25) is 0 Å². The van der Waals surface area contributed by atoms with Crippen molar-refractivity contribution in [3.05, 3.63) is 29.8 Å². The Labute approximate surface area is 95.7 Å². The topological polar surface area (TPSA) is 61.4 Å². The zero-order chi connectivity index (χ0) is 11.8. The minimum absolute atomic E-state index is 0.0780. The van der Waals surface area contributed by atoms with Crippen molar-refractivity contribution in [2.45, 2.75) is 26.4 Å². The van der Waals surface area contributed by atoms with Crippen molar-refractivity contribution >= 4 is 11.7 Å². The van der Waals surface area contributed by atoms with Crippen molar-refractivity contribution in [2.75, 3.05) is 11.9 Å². The molecule has 0 fully saturated rings. The second-order valence-corrected chi connectivity index (χ2v) is 3.55. The summed E-state index contributed by atoms with van der Waals surface area (Å²) in [5.74, 6) is 0. The largest absolute Gasteiger partial charge is 0.392 e. The van der Waals surface area contributed by atoms with Gasteiger partial charge in [0.15, 0.2) is 0 Å². The van der Waals surface area contributed by atoms with Crippen LogP contribution in [0, 0.1) is 0 Å². The summed E-state index contributed by atoms with van der Waals surface area (Å²) in [6.45, 7) is 2.66. The maximum absolute atomic E-state index is 11.5. The van der Waals surface area contributed by atoms with E-state index in [0.29, 0.717) is 17.8 Å². The first-order valence-electron chi connectivity index (χ1n) is 5.51. The fraction of sp³-hybridized carbons (Fsp3) is 0.417. The molecule has 0 aliphatic rings. The summed E-state index contributed by atoms with van der Waals surface area (Å²) < 4.78 is 0. The van der Waals surface area contributed by atoms with Crippen LogP contribution in [0.2, 0.25) is 0 Å². The average molecular weight is 222 g/mol. The summed E-state index contributed by atoms with van der Waals surface area (Å²) in [5, 5.41) is 14.5. The number of carbonyl (C=O) groups excluding carboxylic acids is 1. The van der Waals surface area contributed by atoms with E-state index in [1.54, 1.807) is 12.1 Å². The fourth-order valence-electron chi connectivity index (χ4n) is 1.33. The molecule has 0 spiro atoms. The van der Waals surface area contributed by atoms with Crippen LogP contribution in [0.5, 0.6) is 0 Å². The summed E-state index contributed by atoms with van der Waals surface area (Å²) in [7, 11) is 0. The first-order chi connectivity index (χ1) is 7.77. The predicted molar refractivity (Wildman–Crippen MR) is 64.3 cm³/mol. The third-order valence-electron chi connectivity index (χ3n) is 2.25. The Hall–Kier alpha value is -1.55. The fourth-order valence-corrected chi connectivity index (χ4v) is 1.33. The highest BCUT2D eigenvalue weighted by Crippen LogP contribution is 2.14. The minimum Gasteiger partial charge on any atom is -0.392 e. The van der Waals surface area contributed by atoms with E-state index in [1.807, 2.05) is 12.1 Å². The lowest BCUT2D eigenvalue weighted by molar-refractivity contribution is 0.252. The molecule has 0 heterocycles. The van der Waals surface area contributed by atoms with E-state index < -0.39 is 0 Å². The maximum atomic E-state index is 11.5. The van der Waals surface area contributed by atoms with Gasteiger partial charge in [-0.2, -0.15) is 0 Å². The molecule has 0 atom stereocenters. The lowest BCUT2D eigenvalue weighted by Crippen LogP contribution is -2.29. The van der Waals surface area contributed by atoms with Crippen LogP contribution in [-0.4, -0.2) is 17.7 Å². The molecule has 0 radical (unpaired) electrons. The first-order valence-corrected chi connectivity index (χ1v) is 5.51. The highest BCUT2D eigenvalue weighted by atomic mass is 16.3. The number of aliphatic hydroxyl groups is 1. The molecule has 1 aromatic carbocycles.